The van der Waals surface area contributed by atoms with E-state index < -0.39 is 0 Å². The van der Waals surface area contributed by atoms with Crippen molar-refractivity contribution < 1.29 is 0 Å². The van der Waals surface area contributed by atoms with E-state index in [4.69, 9.17) is 0 Å². The molecule has 19 heavy (non-hydrogen) atoms. The molecule has 1 aromatic carbocycles. The van der Waals surface area contributed by atoms with Crippen molar-refractivity contribution in [2.24, 2.45) is 5.92 Å². The average molecular weight is 261 g/mol. The fourth-order valence-corrected chi connectivity index (χ4v) is 2.81. The molecule has 0 spiro atoms. The van der Waals surface area contributed by atoms with Crippen molar-refractivity contribution >= 4 is 0 Å². The normalized spacial score (nSPS) is 14.3. The molecule has 0 saturated carbocycles. The molecular formula is C18H31N. The number of aryl methyl sites for hydroxylation is 1. The minimum atomic E-state index is 0.660. The Balaban J connectivity index is 2.67. The fourth-order valence-electron chi connectivity index (χ4n) is 2.81. The van der Waals surface area contributed by atoms with Crippen molar-refractivity contribution in [3.8, 4) is 0 Å². The van der Waals surface area contributed by atoms with E-state index in [2.05, 4.69) is 57.3 Å². The van der Waals surface area contributed by atoms with E-state index in [1.807, 2.05) is 0 Å². The summed E-state index contributed by atoms with van der Waals surface area (Å²) in [5.74, 6) is 1.48. The van der Waals surface area contributed by atoms with Crippen molar-refractivity contribution in [1.29, 1.82) is 0 Å². The number of rotatable bonds is 9. The SMILES string of the molecule is CCCNCC(CC(C)CCC)c1cccc(C)c1. The molecule has 0 saturated heterocycles. The van der Waals surface area contributed by atoms with Crippen molar-refractivity contribution in [3.05, 3.63) is 35.4 Å². The Morgan fingerprint density at radius 3 is 2.58 bits per heavy atom. The number of hydrogen-bond donors (Lipinski definition) is 1. The van der Waals surface area contributed by atoms with Crippen LogP contribution in [0.5, 0.6) is 0 Å². The van der Waals surface area contributed by atoms with Crippen LogP contribution in [0, 0.1) is 12.8 Å². The summed E-state index contributed by atoms with van der Waals surface area (Å²) in [6.45, 7) is 11.3. The van der Waals surface area contributed by atoms with Gasteiger partial charge in [-0.2, -0.15) is 0 Å². The van der Waals surface area contributed by atoms with Gasteiger partial charge in [0.05, 0.1) is 0 Å². The standard InChI is InChI=1S/C18H31N/c1-5-8-15(3)13-18(14-19-11-6-2)17-10-7-9-16(4)12-17/h7,9-10,12,15,18-19H,5-6,8,11,13-14H2,1-4H3. The molecule has 0 radical (unpaired) electrons. The van der Waals surface area contributed by atoms with Crippen molar-refractivity contribution in [2.75, 3.05) is 13.1 Å². The van der Waals surface area contributed by atoms with Crippen LogP contribution in [0.1, 0.15) is 63.5 Å². The quantitative estimate of drug-likeness (QED) is 0.623. The zero-order chi connectivity index (χ0) is 14.1. The molecule has 0 aliphatic heterocycles. The summed E-state index contributed by atoms with van der Waals surface area (Å²) in [7, 11) is 0. The molecular weight excluding hydrogens is 230 g/mol. The first-order valence-corrected chi connectivity index (χ1v) is 7.94. The van der Waals surface area contributed by atoms with E-state index in [9.17, 15) is 0 Å². The van der Waals surface area contributed by atoms with Gasteiger partial charge >= 0.3 is 0 Å². The first-order valence-electron chi connectivity index (χ1n) is 7.94. The highest BCUT2D eigenvalue weighted by Crippen LogP contribution is 2.26. The van der Waals surface area contributed by atoms with E-state index in [-0.39, 0.29) is 0 Å². The van der Waals surface area contributed by atoms with Crippen molar-refractivity contribution in [3.63, 3.8) is 0 Å². The lowest BCUT2D eigenvalue weighted by molar-refractivity contribution is 0.420. The van der Waals surface area contributed by atoms with Gasteiger partial charge in [0.2, 0.25) is 0 Å². The molecule has 0 aromatic heterocycles. The number of nitrogens with one attached hydrogen (secondary N) is 1. The van der Waals surface area contributed by atoms with Gasteiger partial charge in [0.15, 0.2) is 0 Å². The molecule has 0 aliphatic carbocycles. The lowest BCUT2D eigenvalue weighted by Crippen LogP contribution is -2.23. The molecule has 2 atom stereocenters. The molecule has 1 aromatic rings. The Morgan fingerprint density at radius 2 is 1.95 bits per heavy atom. The molecule has 2 unspecified atom stereocenters. The third-order valence-corrected chi connectivity index (χ3v) is 3.80. The van der Waals surface area contributed by atoms with Crippen LogP contribution >= 0.6 is 0 Å². The summed E-state index contributed by atoms with van der Waals surface area (Å²) in [5, 5.41) is 3.60. The maximum atomic E-state index is 3.60. The van der Waals surface area contributed by atoms with Crippen LogP contribution in [0.25, 0.3) is 0 Å². The number of hydrogen-bond acceptors (Lipinski definition) is 1. The minimum absolute atomic E-state index is 0.660. The van der Waals surface area contributed by atoms with Gasteiger partial charge in [0.25, 0.3) is 0 Å². The first kappa shape index (κ1) is 16.2. The van der Waals surface area contributed by atoms with Gasteiger partial charge in [-0.3, -0.25) is 0 Å². The molecule has 108 valence electrons. The third-order valence-electron chi connectivity index (χ3n) is 3.80. The van der Waals surface area contributed by atoms with Gasteiger partial charge < -0.3 is 5.32 Å². The molecule has 0 aliphatic rings. The van der Waals surface area contributed by atoms with Crippen LogP contribution in [0.2, 0.25) is 0 Å². The summed E-state index contributed by atoms with van der Waals surface area (Å²) in [5.41, 5.74) is 2.88. The summed E-state index contributed by atoms with van der Waals surface area (Å²) in [6, 6.07) is 9.04. The van der Waals surface area contributed by atoms with Crippen LogP contribution in [0.3, 0.4) is 0 Å². The van der Waals surface area contributed by atoms with Gasteiger partial charge in [-0.25, -0.2) is 0 Å². The van der Waals surface area contributed by atoms with Crippen LogP contribution in [-0.4, -0.2) is 13.1 Å². The maximum absolute atomic E-state index is 3.60. The molecule has 0 fully saturated rings. The van der Waals surface area contributed by atoms with Crippen LogP contribution in [0.4, 0.5) is 0 Å². The molecule has 1 nitrogen and oxygen atoms in total. The van der Waals surface area contributed by atoms with E-state index in [0.29, 0.717) is 5.92 Å². The second-order valence-corrected chi connectivity index (χ2v) is 5.94. The predicted octanol–water partition coefficient (Wildman–Crippen LogP) is 4.90. The summed E-state index contributed by atoms with van der Waals surface area (Å²) < 4.78 is 0. The lowest BCUT2D eigenvalue weighted by Gasteiger charge is -2.22. The average Bonchev–Trinajstić information content (AvgIpc) is 2.38. The molecule has 1 N–H and O–H groups in total. The Kier molecular flexibility index (Phi) is 7.81. The fraction of sp³-hybridized carbons (Fsp3) is 0.667. The third kappa shape index (κ3) is 6.24. The molecule has 1 heteroatoms. The van der Waals surface area contributed by atoms with Gasteiger partial charge in [0, 0.05) is 6.54 Å². The van der Waals surface area contributed by atoms with E-state index >= 15 is 0 Å². The van der Waals surface area contributed by atoms with E-state index in [0.717, 1.165) is 19.0 Å². The van der Waals surface area contributed by atoms with Crippen LogP contribution in [0.15, 0.2) is 24.3 Å². The minimum Gasteiger partial charge on any atom is -0.316 e. The van der Waals surface area contributed by atoms with E-state index in [1.54, 1.807) is 0 Å². The second-order valence-electron chi connectivity index (χ2n) is 5.94. The van der Waals surface area contributed by atoms with Gasteiger partial charge in [-0.1, -0.05) is 63.4 Å². The largest absolute Gasteiger partial charge is 0.316 e. The summed E-state index contributed by atoms with van der Waals surface area (Å²) in [6.07, 6.45) is 5.15. The Hall–Kier alpha value is -0.820. The highest BCUT2D eigenvalue weighted by Gasteiger charge is 2.15. The smallest absolute Gasteiger partial charge is 0.00202 e. The predicted molar refractivity (Wildman–Crippen MR) is 85.8 cm³/mol. The topological polar surface area (TPSA) is 12.0 Å². The van der Waals surface area contributed by atoms with Gasteiger partial charge in [-0.15, -0.1) is 0 Å². The molecule has 0 heterocycles. The highest BCUT2D eigenvalue weighted by atomic mass is 14.8. The first-order chi connectivity index (χ1) is 9.17. The summed E-state index contributed by atoms with van der Waals surface area (Å²) >= 11 is 0. The van der Waals surface area contributed by atoms with Crippen molar-refractivity contribution in [1.82, 2.24) is 5.32 Å². The molecule has 0 bridgehead atoms. The zero-order valence-corrected chi connectivity index (χ0v) is 13.2. The lowest BCUT2D eigenvalue weighted by atomic mass is 9.87. The van der Waals surface area contributed by atoms with Crippen LogP contribution < -0.4 is 5.32 Å². The van der Waals surface area contributed by atoms with Gasteiger partial charge in [0.1, 0.15) is 0 Å². The molecule has 0 amide bonds. The Labute approximate surface area is 119 Å². The maximum Gasteiger partial charge on any atom is 0.00202 e. The van der Waals surface area contributed by atoms with Gasteiger partial charge in [-0.05, 0) is 43.7 Å². The Bertz CT molecular complexity index is 345. The summed E-state index contributed by atoms with van der Waals surface area (Å²) in [4.78, 5) is 0. The number of benzene rings is 1. The van der Waals surface area contributed by atoms with Crippen LogP contribution in [-0.2, 0) is 0 Å². The Morgan fingerprint density at radius 1 is 1.16 bits per heavy atom. The molecule has 1 rings (SSSR count). The zero-order valence-electron chi connectivity index (χ0n) is 13.2. The monoisotopic (exact) mass is 261 g/mol. The van der Waals surface area contributed by atoms with Crippen molar-refractivity contribution in [2.45, 2.75) is 59.3 Å². The highest BCUT2D eigenvalue weighted by molar-refractivity contribution is 5.25. The van der Waals surface area contributed by atoms with E-state index in [1.165, 1.54) is 36.8 Å². The second kappa shape index (κ2) is 9.14.